The highest BCUT2D eigenvalue weighted by atomic mass is 35.5. The van der Waals surface area contributed by atoms with Gasteiger partial charge in [-0.05, 0) is 36.6 Å². The lowest BCUT2D eigenvalue weighted by molar-refractivity contribution is -0.139. The van der Waals surface area contributed by atoms with Crippen LogP contribution >= 0.6 is 11.6 Å². The minimum atomic E-state index is -0.784. The van der Waals surface area contributed by atoms with Crippen molar-refractivity contribution >= 4 is 29.6 Å². The van der Waals surface area contributed by atoms with Gasteiger partial charge < -0.3 is 10.1 Å². The molecule has 1 saturated carbocycles. The van der Waals surface area contributed by atoms with Crippen molar-refractivity contribution < 1.29 is 14.3 Å². The number of carbonyl (C=O) groups excluding carboxylic acids is 2. The van der Waals surface area contributed by atoms with Gasteiger partial charge in [0.15, 0.2) is 0 Å². The summed E-state index contributed by atoms with van der Waals surface area (Å²) >= 11 is 5.95. The molecule has 0 saturated heterocycles. The van der Waals surface area contributed by atoms with E-state index >= 15 is 0 Å². The summed E-state index contributed by atoms with van der Waals surface area (Å²) in [4.78, 5) is 22.7. The van der Waals surface area contributed by atoms with Gasteiger partial charge in [-0.2, -0.15) is 5.10 Å². The normalized spacial score (nSPS) is 14.1. The predicted molar refractivity (Wildman–Crippen MR) is 74.9 cm³/mol. The summed E-state index contributed by atoms with van der Waals surface area (Å²) in [5.74, 6) is -0.901. The van der Waals surface area contributed by atoms with Crippen LogP contribution in [0.5, 0.6) is 5.75 Å². The van der Waals surface area contributed by atoms with E-state index in [0.29, 0.717) is 16.3 Å². The zero-order valence-electron chi connectivity index (χ0n) is 10.9. The van der Waals surface area contributed by atoms with Crippen molar-refractivity contribution in [3.63, 3.8) is 0 Å². The molecule has 1 aromatic rings. The van der Waals surface area contributed by atoms with Gasteiger partial charge in [-0.25, -0.2) is 5.43 Å². The summed E-state index contributed by atoms with van der Waals surface area (Å²) in [5.41, 5.74) is 2.84. The Hall–Kier alpha value is -2.08. The van der Waals surface area contributed by atoms with Crippen LogP contribution in [0, 0.1) is 0 Å². The summed E-state index contributed by atoms with van der Waals surface area (Å²) in [7, 11) is 1.52. The van der Waals surface area contributed by atoms with E-state index in [4.69, 9.17) is 16.3 Å². The topological polar surface area (TPSA) is 79.8 Å². The van der Waals surface area contributed by atoms with Gasteiger partial charge in [0.2, 0.25) is 0 Å². The Labute approximate surface area is 121 Å². The number of ether oxygens (including phenoxy) is 1. The van der Waals surface area contributed by atoms with Crippen molar-refractivity contribution in [1.29, 1.82) is 0 Å². The van der Waals surface area contributed by atoms with E-state index in [-0.39, 0.29) is 6.04 Å². The fourth-order valence-electron chi connectivity index (χ4n) is 1.46. The van der Waals surface area contributed by atoms with Gasteiger partial charge in [-0.15, -0.1) is 0 Å². The van der Waals surface area contributed by atoms with Crippen LogP contribution in [0.15, 0.2) is 23.3 Å². The maximum atomic E-state index is 11.4. The lowest BCUT2D eigenvalue weighted by Crippen LogP contribution is -2.38. The Balaban J connectivity index is 1.87. The number of amides is 2. The predicted octanol–water partition coefficient (Wildman–Crippen LogP) is 1.08. The average molecular weight is 296 g/mol. The minimum absolute atomic E-state index is 0.137. The van der Waals surface area contributed by atoms with E-state index in [1.165, 1.54) is 13.3 Å². The Morgan fingerprint density at radius 3 is 2.75 bits per heavy atom. The SMILES string of the molecule is COc1ccc(/C=N\NC(=O)C(=O)NC2CC2)cc1Cl. The van der Waals surface area contributed by atoms with Crippen molar-refractivity contribution in [2.24, 2.45) is 5.10 Å². The number of rotatable bonds is 4. The summed E-state index contributed by atoms with van der Waals surface area (Å²) in [6.07, 6.45) is 3.24. The Kier molecular flexibility index (Phi) is 4.57. The summed E-state index contributed by atoms with van der Waals surface area (Å²) in [5, 5.41) is 6.71. The van der Waals surface area contributed by atoms with E-state index in [1.807, 2.05) is 0 Å². The number of hydrogen-bond donors (Lipinski definition) is 2. The molecule has 2 amide bonds. The van der Waals surface area contributed by atoms with Crippen molar-refractivity contribution in [3.8, 4) is 5.75 Å². The van der Waals surface area contributed by atoms with Crippen LogP contribution in [0.3, 0.4) is 0 Å². The van der Waals surface area contributed by atoms with Crippen LogP contribution in [0.2, 0.25) is 5.02 Å². The van der Waals surface area contributed by atoms with Crippen LogP contribution in [0.25, 0.3) is 0 Å². The molecule has 2 rings (SSSR count). The number of nitrogens with zero attached hydrogens (tertiary/aromatic N) is 1. The first-order valence-corrected chi connectivity index (χ1v) is 6.45. The van der Waals surface area contributed by atoms with E-state index in [9.17, 15) is 9.59 Å². The van der Waals surface area contributed by atoms with Gasteiger partial charge in [0.25, 0.3) is 0 Å². The first-order valence-electron chi connectivity index (χ1n) is 6.07. The van der Waals surface area contributed by atoms with Gasteiger partial charge in [0, 0.05) is 6.04 Å². The van der Waals surface area contributed by atoms with E-state index in [1.54, 1.807) is 18.2 Å². The molecule has 6 nitrogen and oxygen atoms in total. The van der Waals surface area contributed by atoms with Gasteiger partial charge in [-0.1, -0.05) is 11.6 Å². The number of halogens is 1. The minimum Gasteiger partial charge on any atom is -0.495 e. The zero-order chi connectivity index (χ0) is 14.5. The molecule has 0 aromatic heterocycles. The van der Waals surface area contributed by atoms with Crippen LogP contribution in [-0.2, 0) is 9.59 Å². The molecule has 1 fully saturated rings. The Morgan fingerprint density at radius 2 is 2.15 bits per heavy atom. The second kappa shape index (κ2) is 6.38. The first-order chi connectivity index (χ1) is 9.60. The molecule has 106 valence electrons. The number of hydrogen-bond acceptors (Lipinski definition) is 4. The van der Waals surface area contributed by atoms with Crippen LogP contribution in [-0.4, -0.2) is 31.2 Å². The third-order valence-electron chi connectivity index (χ3n) is 2.67. The average Bonchev–Trinajstić information content (AvgIpc) is 3.22. The Morgan fingerprint density at radius 1 is 1.40 bits per heavy atom. The molecule has 0 atom stereocenters. The number of methoxy groups -OCH3 is 1. The highest BCUT2D eigenvalue weighted by Crippen LogP contribution is 2.24. The monoisotopic (exact) mass is 295 g/mol. The number of benzene rings is 1. The first kappa shape index (κ1) is 14.3. The third-order valence-corrected chi connectivity index (χ3v) is 2.97. The lowest BCUT2D eigenvalue weighted by Gasteiger charge is -2.03. The molecule has 0 aliphatic heterocycles. The third kappa shape index (κ3) is 3.96. The van der Waals surface area contributed by atoms with E-state index < -0.39 is 11.8 Å². The quantitative estimate of drug-likeness (QED) is 0.495. The van der Waals surface area contributed by atoms with E-state index in [0.717, 1.165) is 12.8 Å². The molecule has 1 aliphatic carbocycles. The fraction of sp³-hybridized carbons (Fsp3) is 0.308. The van der Waals surface area contributed by atoms with Gasteiger partial charge in [0.05, 0.1) is 18.3 Å². The molecule has 2 N–H and O–H groups in total. The summed E-state index contributed by atoms with van der Waals surface area (Å²) in [6, 6.07) is 5.19. The standard InChI is InChI=1S/C13H14ClN3O3/c1-20-11-5-2-8(6-10(11)14)7-15-17-13(19)12(18)16-9-3-4-9/h2,5-7,9H,3-4H2,1H3,(H,16,18)(H,17,19)/b15-7-. The van der Waals surface area contributed by atoms with Crippen molar-refractivity contribution in [3.05, 3.63) is 28.8 Å². The maximum Gasteiger partial charge on any atom is 0.329 e. The second-order valence-electron chi connectivity index (χ2n) is 4.34. The lowest BCUT2D eigenvalue weighted by atomic mass is 10.2. The molecular formula is C13H14ClN3O3. The molecule has 0 unspecified atom stereocenters. The van der Waals surface area contributed by atoms with Crippen LogP contribution in [0.1, 0.15) is 18.4 Å². The van der Waals surface area contributed by atoms with Crippen molar-refractivity contribution in [1.82, 2.24) is 10.7 Å². The smallest absolute Gasteiger partial charge is 0.329 e. The van der Waals surface area contributed by atoms with E-state index in [2.05, 4.69) is 15.8 Å². The molecule has 1 aliphatic rings. The molecule has 0 spiro atoms. The number of nitrogens with one attached hydrogen (secondary N) is 2. The molecular weight excluding hydrogens is 282 g/mol. The highest BCUT2D eigenvalue weighted by Gasteiger charge is 2.26. The largest absolute Gasteiger partial charge is 0.495 e. The molecule has 20 heavy (non-hydrogen) atoms. The molecule has 0 radical (unpaired) electrons. The maximum absolute atomic E-state index is 11.4. The number of hydrazone groups is 1. The zero-order valence-corrected chi connectivity index (χ0v) is 11.6. The highest BCUT2D eigenvalue weighted by molar-refractivity contribution is 6.35. The van der Waals surface area contributed by atoms with Crippen molar-refractivity contribution in [2.75, 3.05) is 7.11 Å². The molecule has 0 heterocycles. The van der Waals surface area contributed by atoms with Gasteiger partial charge >= 0.3 is 11.8 Å². The van der Waals surface area contributed by atoms with Crippen molar-refractivity contribution in [2.45, 2.75) is 18.9 Å². The molecule has 0 bridgehead atoms. The summed E-state index contributed by atoms with van der Waals surface area (Å²) in [6.45, 7) is 0. The second-order valence-corrected chi connectivity index (χ2v) is 4.75. The van der Waals surface area contributed by atoms with Crippen LogP contribution < -0.4 is 15.5 Å². The van der Waals surface area contributed by atoms with Gasteiger partial charge in [0.1, 0.15) is 5.75 Å². The molecule has 1 aromatic carbocycles. The summed E-state index contributed by atoms with van der Waals surface area (Å²) < 4.78 is 5.02. The Bertz CT molecular complexity index is 556. The van der Waals surface area contributed by atoms with Gasteiger partial charge in [-0.3, -0.25) is 9.59 Å². The molecule has 7 heteroatoms. The number of carbonyl (C=O) groups is 2. The fourth-order valence-corrected chi connectivity index (χ4v) is 1.72. The van der Waals surface area contributed by atoms with Crippen LogP contribution in [0.4, 0.5) is 0 Å².